The van der Waals surface area contributed by atoms with Gasteiger partial charge in [0.2, 0.25) is 5.91 Å². The zero-order valence-corrected chi connectivity index (χ0v) is 16.5. The van der Waals surface area contributed by atoms with Gasteiger partial charge in [0.05, 0.1) is 24.1 Å². The number of sulfone groups is 1. The lowest BCUT2D eigenvalue weighted by atomic mass is 9.91. The van der Waals surface area contributed by atoms with Crippen LogP contribution in [0.25, 0.3) is 0 Å². The van der Waals surface area contributed by atoms with E-state index in [0.717, 1.165) is 23.0 Å². The van der Waals surface area contributed by atoms with Crippen LogP contribution in [-0.2, 0) is 14.6 Å². The Labute approximate surface area is 157 Å². The average molecular weight is 427 g/mol. The number of rotatable bonds is 2. The summed E-state index contributed by atoms with van der Waals surface area (Å²) in [5.74, 6) is 0.267. The highest BCUT2D eigenvalue weighted by molar-refractivity contribution is 9.10. The summed E-state index contributed by atoms with van der Waals surface area (Å²) in [6, 6.07) is 7.58. The Balaban J connectivity index is 1.67. The molecule has 4 rings (SSSR count). The lowest BCUT2D eigenvalue weighted by Crippen LogP contribution is -2.64. The first-order valence-corrected chi connectivity index (χ1v) is 11.6. The molecule has 2 heterocycles. The van der Waals surface area contributed by atoms with Crippen LogP contribution in [0.2, 0.25) is 0 Å². The number of hydrogen-bond donors (Lipinski definition) is 0. The molecule has 2 aliphatic heterocycles. The Morgan fingerprint density at radius 2 is 1.60 bits per heavy atom. The van der Waals surface area contributed by atoms with E-state index < -0.39 is 9.84 Å². The molecule has 2 saturated heterocycles. The van der Waals surface area contributed by atoms with Crippen molar-refractivity contribution in [2.45, 2.75) is 50.2 Å². The molecule has 1 aliphatic carbocycles. The van der Waals surface area contributed by atoms with Gasteiger partial charge in [-0.3, -0.25) is 9.69 Å². The molecule has 2 atom stereocenters. The third-order valence-electron chi connectivity index (χ3n) is 5.79. The summed E-state index contributed by atoms with van der Waals surface area (Å²) in [7, 11) is -3.12. The maximum absolute atomic E-state index is 13.0. The molecule has 0 bridgehead atoms. The molecule has 0 N–H and O–H groups in total. The Morgan fingerprint density at radius 3 is 2.28 bits per heavy atom. The monoisotopic (exact) mass is 426 g/mol. The number of benzene rings is 1. The number of carbonyl (C=O) groups is 1. The van der Waals surface area contributed by atoms with Gasteiger partial charge in [-0.05, 0) is 37.1 Å². The molecule has 5 nitrogen and oxygen atoms in total. The maximum atomic E-state index is 13.0. The van der Waals surface area contributed by atoms with Gasteiger partial charge >= 0.3 is 0 Å². The number of piperazine rings is 1. The van der Waals surface area contributed by atoms with E-state index in [1.54, 1.807) is 4.90 Å². The SMILES string of the molecule is O=C1CN(C2CCCCC2)[C@@H]2CS(=O)(=O)C[C@H]2N1c1ccc(Br)cc1. The summed E-state index contributed by atoms with van der Waals surface area (Å²) in [5.41, 5.74) is 0.795. The van der Waals surface area contributed by atoms with Crippen molar-refractivity contribution < 1.29 is 13.2 Å². The van der Waals surface area contributed by atoms with E-state index >= 15 is 0 Å². The molecular weight excluding hydrogens is 404 g/mol. The zero-order valence-electron chi connectivity index (χ0n) is 14.1. The van der Waals surface area contributed by atoms with E-state index in [1.807, 2.05) is 24.3 Å². The molecule has 25 heavy (non-hydrogen) atoms. The van der Waals surface area contributed by atoms with Crippen LogP contribution in [0.5, 0.6) is 0 Å². The lowest BCUT2D eigenvalue weighted by Gasteiger charge is -2.47. The maximum Gasteiger partial charge on any atom is 0.241 e. The summed E-state index contributed by atoms with van der Waals surface area (Å²) in [6.45, 7) is 0.331. The lowest BCUT2D eigenvalue weighted by molar-refractivity contribution is -0.124. The van der Waals surface area contributed by atoms with Gasteiger partial charge in [0.1, 0.15) is 0 Å². The van der Waals surface area contributed by atoms with Crippen molar-refractivity contribution in [3.05, 3.63) is 28.7 Å². The van der Waals surface area contributed by atoms with Crippen molar-refractivity contribution in [2.24, 2.45) is 0 Å². The molecule has 0 aromatic heterocycles. The number of halogens is 1. The van der Waals surface area contributed by atoms with Crippen LogP contribution in [0.4, 0.5) is 5.69 Å². The molecular formula is C18H23BrN2O3S. The molecule has 3 fully saturated rings. The van der Waals surface area contributed by atoms with Crippen molar-refractivity contribution in [2.75, 3.05) is 23.0 Å². The Morgan fingerprint density at radius 1 is 0.960 bits per heavy atom. The minimum Gasteiger partial charge on any atom is -0.306 e. The second kappa shape index (κ2) is 6.67. The topological polar surface area (TPSA) is 57.7 Å². The first kappa shape index (κ1) is 17.5. The van der Waals surface area contributed by atoms with Crippen LogP contribution in [0.15, 0.2) is 28.7 Å². The first-order chi connectivity index (χ1) is 11.9. The Hall–Kier alpha value is -0.920. The summed E-state index contributed by atoms with van der Waals surface area (Å²) in [4.78, 5) is 16.9. The van der Waals surface area contributed by atoms with Gasteiger partial charge in [-0.2, -0.15) is 0 Å². The third-order valence-corrected chi connectivity index (χ3v) is 8.01. The minimum atomic E-state index is -3.12. The van der Waals surface area contributed by atoms with Crippen LogP contribution >= 0.6 is 15.9 Å². The van der Waals surface area contributed by atoms with E-state index in [1.165, 1.54) is 19.3 Å². The number of nitrogens with zero attached hydrogens (tertiary/aromatic N) is 2. The molecule has 1 aromatic carbocycles. The fraction of sp³-hybridized carbons (Fsp3) is 0.611. The van der Waals surface area contributed by atoms with Crippen LogP contribution in [0, 0.1) is 0 Å². The van der Waals surface area contributed by atoms with Gasteiger partial charge in [-0.15, -0.1) is 0 Å². The fourth-order valence-corrected chi connectivity index (χ4v) is 6.88. The van der Waals surface area contributed by atoms with Crippen molar-refractivity contribution in [1.29, 1.82) is 0 Å². The number of anilines is 1. The summed E-state index contributed by atoms with van der Waals surface area (Å²) < 4.78 is 25.7. The number of carbonyl (C=O) groups excluding carboxylic acids is 1. The molecule has 7 heteroatoms. The fourth-order valence-electron chi connectivity index (χ4n) is 4.66. The number of fused-ring (bicyclic) bond motifs is 1. The molecule has 3 aliphatic rings. The van der Waals surface area contributed by atoms with E-state index in [4.69, 9.17) is 0 Å². The smallest absolute Gasteiger partial charge is 0.241 e. The second-order valence-electron chi connectivity index (χ2n) is 7.42. The second-order valence-corrected chi connectivity index (χ2v) is 10.5. The largest absolute Gasteiger partial charge is 0.306 e. The predicted molar refractivity (Wildman–Crippen MR) is 101 cm³/mol. The van der Waals surface area contributed by atoms with Crippen LogP contribution in [0.1, 0.15) is 32.1 Å². The minimum absolute atomic E-state index is 0.0197. The average Bonchev–Trinajstić information content (AvgIpc) is 2.91. The van der Waals surface area contributed by atoms with Crippen molar-refractivity contribution in [3.8, 4) is 0 Å². The van der Waals surface area contributed by atoms with Gasteiger partial charge in [0.15, 0.2) is 9.84 Å². The summed E-state index contributed by atoms with van der Waals surface area (Å²) >= 11 is 3.41. The van der Waals surface area contributed by atoms with Crippen molar-refractivity contribution >= 4 is 37.4 Å². The highest BCUT2D eigenvalue weighted by Gasteiger charge is 2.51. The molecule has 1 amide bonds. The van der Waals surface area contributed by atoms with Gasteiger partial charge in [0, 0.05) is 22.2 Å². The molecule has 136 valence electrons. The normalized spacial score (nSPS) is 30.4. The molecule has 0 radical (unpaired) electrons. The van der Waals surface area contributed by atoms with Crippen LogP contribution in [-0.4, -0.2) is 55.4 Å². The number of amides is 1. The zero-order chi connectivity index (χ0) is 17.6. The van der Waals surface area contributed by atoms with Crippen molar-refractivity contribution in [3.63, 3.8) is 0 Å². The summed E-state index contributed by atoms with van der Waals surface area (Å²) in [6.07, 6.45) is 5.76. The molecule has 1 saturated carbocycles. The molecule has 1 aromatic rings. The highest BCUT2D eigenvalue weighted by Crippen LogP contribution is 2.35. The quantitative estimate of drug-likeness (QED) is 0.728. The standard InChI is InChI=1S/C18H23BrN2O3S/c19-13-6-8-15(9-7-13)21-17-12-25(23,24)11-16(17)20(10-18(21)22)14-4-2-1-3-5-14/h6-9,14,16-17H,1-5,10-12H2/t16-,17-/m1/s1. The van der Waals surface area contributed by atoms with Gasteiger partial charge in [-0.25, -0.2) is 8.42 Å². The molecule has 0 spiro atoms. The van der Waals surface area contributed by atoms with Crippen molar-refractivity contribution in [1.82, 2.24) is 4.90 Å². The van der Waals surface area contributed by atoms with Crippen LogP contribution < -0.4 is 4.90 Å². The van der Waals surface area contributed by atoms with E-state index in [0.29, 0.717) is 12.6 Å². The molecule has 0 unspecified atom stereocenters. The van der Waals surface area contributed by atoms with Gasteiger partial charge in [-0.1, -0.05) is 35.2 Å². The van der Waals surface area contributed by atoms with Crippen LogP contribution in [0.3, 0.4) is 0 Å². The Bertz CT molecular complexity index is 759. The van der Waals surface area contributed by atoms with Gasteiger partial charge < -0.3 is 4.90 Å². The summed E-state index contributed by atoms with van der Waals surface area (Å²) in [5, 5.41) is 0. The van der Waals surface area contributed by atoms with E-state index in [2.05, 4.69) is 20.8 Å². The van der Waals surface area contributed by atoms with E-state index in [-0.39, 0.29) is 29.5 Å². The number of hydrogen-bond acceptors (Lipinski definition) is 4. The first-order valence-electron chi connectivity index (χ1n) is 8.98. The van der Waals surface area contributed by atoms with Gasteiger partial charge in [0.25, 0.3) is 0 Å². The predicted octanol–water partition coefficient (Wildman–Crippen LogP) is 2.60. The Kier molecular flexibility index (Phi) is 4.67. The highest BCUT2D eigenvalue weighted by atomic mass is 79.9. The third kappa shape index (κ3) is 3.38. The van der Waals surface area contributed by atoms with E-state index in [9.17, 15) is 13.2 Å².